The molecule has 0 amide bonds. The Hall–Kier alpha value is -4.43. The molecule has 0 aliphatic carbocycles. The molecule has 0 radical (unpaired) electrons. The molecule has 4 rings (SSSR count). The first kappa shape index (κ1) is 26.6. The zero-order chi connectivity index (χ0) is 27.7. The number of benzene rings is 4. The minimum atomic E-state index is -4.84. The number of hydrogen-bond donors (Lipinski definition) is 4. The molecular formula is C25H20N2O9S2. The van der Waals surface area contributed by atoms with Crippen molar-refractivity contribution in [2.75, 3.05) is 11.5 Å². The molecular weight excluding hydrogens is 536 g/mol. The Morgan fingerprint density at radius 1 is 0.579 bits per heavy atom. The molecule has 0 bridgehead atoms. The summed E-state index contributed by atoms with van der Waals surface area (Å²) in [6, 6.07) is 18.6. The van der Waals surface area contributed by atoms with Crippen LogP contribution in [0.1, 0.15) is 15.9 Å². The average molecular weight is 557 g/mol. The van der Waals surface area contributed by atoms with Crippen LogP contribution in [-0.2, 0) is 20.2 Å². The van der Waals surface area contributed by atoms with Gasteiger partial charge in [0.1, 0.15) is 32.8 Å². The van der Waals surface area contributed by atoms with E-state index in [1.54, 1.807) is 0 Å². The first-order valence-electron chi connectivity index (χ1n) is 10.7. The van der Waals surface area contributed by atoms with E-state index in [4.69, 9.17) is 20.9 Å². The van der Waals surface area contributed by atoms with E-state index in [1.807, 2.05) is 0 Å². The first-order valence-corrected chi connectivity index (χ1v) is 13.5. The average Bonchev–Trinajstić information content (AvgIpc) is 2.85. The van der Waals surface area contributed by atoms with Gasteiger partial charge < -0.3 is 20.9 Å². The number of ether oxygens (including phenoxy) is 2. The second-order valence-corrected chi connectivity index (χ2v) is 10.7. The Bertz CT molecular complexity index is 1610. The van der Waals surface area contributed by atoms with Crippen LogP contribution in [0, 0.1) is 0 Å². The van der Waals surface area contributed by atoms with Crippen LogP contribution in [0.25, 0.3) is 0 Å². The standard InChI is InChI=1S/C25H20N2O9S2/c26-17-3-7-19(8-4-17)35-21-11-1-15(13-23(21)37(29,30)31)25(28)16-2-12-22(24(14-16)38(32,33)34)36-20-9-5-18(27)6-10-20/h1-14H,26-27H2,(H,29,30,31)(H,32,33,34). The number of carbonyl (C=O) groups is 1. The van der Waals surface area contributed by atoms with Crippen LogP contribution < -0.4 is 20.9 Å². The third-order valence-electron chi connectivity index (χ3n) is 5.18. The zero-order valence-electron chi connectivity index (χ0n) is 19.3. The van der Waals surface area contributed by atoms with Crippen LogP contribution >= 0.6 is 0 Å². The molecule has 0 unspecified atom stereocenters. The first-order chi connectivity index (χ1) is 17.8. The molecule has 0 fully saturated rings. The van der Waals surface area contributed by atoms with Crippen LogP contribution in [0.15, 0.2) is 94.7 Å². The van der Waals surface area contributed by atoms with Gasteiger partial charge in [0.2, 0.25) is 0 Å². The van der Waals surface area contributed by atoms with Gasteiger partial charge in [-0.05, 0) is 84.9 Å². The smallest absolute Gasteiger partial charge is 0.298 e. The second-order valence-electron chi connectivity index (χ2n) is 7.94. The summed E-state index contributed by atoms with van der Waals surface area (Å²) < 4.78 is 78.7. The SMILES string of the molecule is Nc1ccc(Oc2ccc(C(=O)c3ccc(Oc4ccc(N)cc4)c(S(=O)(=O)O)c3)cc2S(=O)(=O)O)cc1. The van der Waals surface area contributed by atoms with Crippen LogP contribution in [0.3, 0.4) is 0 Å². The van der Waals surface area contributed by atoms with E-state index in [-0.39, 0.29) is 34.1 Å². The molecule has 0 aromatic heterocycles. The van der Waals surface area contributed by atoms with Crippen LogP contribution in [0.4, 0.5) is 11.4 Å². The molecule has 13 heteroatoms. The maximum Gasteiger partial charge on any atom is 0.298 e. The van der Waals surface area contributed by atoms with Gasteiger partial charge in [-0.2, -0.15) is 16.8 Å². The maximum atomic E-state index is 13.2. The number of nitrogen functional groups attached to an aromatic ring is 2. The van der Waals surface area contributed by atoms with E-state index >= 15 is 0 Å². The van der Waals surface area contributed by atoms with Crippen molar-refractivity contribution < 1.29 is 40.2 Å². The summed E-state index contributed by atoms with van der Waals surface area (Å²) in [5.74, 6) is -0.896. The largest absolute Gasteiger partial charge is 0.456 e. The van der Waals surface area contributed by atoms with E-state index in [9.17, 15) is 30.7 Å². The Morgan fingerprint density at radius 3 is 1.24 bits per heavy atom. The molecule has 0 spiro atoms. The molecule has 0 saturated heterocycles. The molecule has 6 N–H and O–H groups in total. The minimum absolute atomic E-state index is 0.212. The van der Waals surface area contributed by atoms with Gasteiger partial charge >= 0.3 is 0 Å². The Kier molecular flexibility index (Phi) is 7.11. The molecule has 0 heterocycles. The van der Waals surface area contributed by atoms with Crippen molar-refractivity contribution >= 4 is 37.4 Å². The lowest BCUT2D eigenvalue weighted by Crippen LogP contribution is -2.08. The second kappa shape index (κ2) is 10.1. The van der Waals surface area contributed by atoms with Gasteiger partial charge in [0.15, 0.2) is 5.78 Å². The molecule has 0 aliphatic heterocycles. The van der Waals surface area contributed by atoms with Crippen molar-refractivity contribution in [1.29, 1.82) is 0 Å². The normalized spacial score (nSPS) is 11.6. The predicted molar refractivity (Wildman–Crippen MR) is 138 cm³/mol. The van der Waals surface area contributed by atoms with Crippen molar-refractivity contribution in [3.63, 3.8) is 0 Å². The van der Waals surface area contributed by atoms with E-state index in [0.29, 0.717) is 11.4 Å². The quantitative estimate of drug-likeness (QED) is 0.138. The Morgan fingerprint density at radius 2 is 0.921 bits per heavy atom. The van der Waals surface area contributed by atoms with Crippen molar-refractivity contribution in [2.45, 2.75) is 9.79 Å². The summed E-state index contributed by atoms with van der Waals surface area (Å²) in [5, 5.41) is 0. The highest BCUT2D eigenvalue weighted by atomic mass is 32.2. The van der Waals surface area contributed by atoms with Crippen molar-refractivity contribution in [2.24, 2.45) is 0 Å². The summed E-state index contributed by atoms with van der Waals surface area (Å²) in [4.78, 5) is 11.8. The number of anilines is 2. The topological polar surface area (TPSA) is 196 Å². The highest BCUT2D eigenvalue weighted by Crippen LogP contribution is 2.33. The molecule has 4 aromatic carbocycles. The van der Waals surface area contributed by atoms with Gasteiger partial charge in [0, 0.05) is 22.5 Å². The highest BCUT2D eigenvalue weighted by molar-refractivity contribution is 7.86. The number of ketones is 1. The molecule has 0 saturated carbocycles. The van der Waals surface area contributed by atoms with E-state index in [2.05, 4.69) is 0 Å². The third-order valence-corrected chi connectivity index (χ3v) is 6.93. The lowest BCUT2D eigenvalue weighted by molar-refractivity contribution is 0.103. The van der Waals surface area contributed by atoms with E-state index < -0.39 is 35.8 Å². The Labute approximate surface area is 217 Å². The molecule has 11 nitrogen and oxygen atoms in total. The van der Waals surface area contributed by atoms with Crippen molar-refractivity contribution in [3.05, 3.63) is 96.1 Å². The summed E-state index contributed by atoms with van der Waals surface area (Å²) >= 11 is 0. The fraction of sp³-hybridized carbons (Fsp3) is 0. The van der Waals surface area contributed by atoms with Gasteiger partial charge in [-0.1, -0.05) is 0 Å². The number of hydrogen-bond acceptors (Lipinski definition) is 9. The van der Waals surface area contributed by atoms with Gasteiger partial charge in [0.25, 0.3) is 20.2 Å². The third kappa shape index (κ3) is 6.10. The van der Waals surface area contributed by atoms with Crippen LogP contribution in [-0.4, -0.2) is 31.7 Å². The fourth-order valence-electron chi connectivity index (χ4n) is 3.36. The lowest BCUT2D eigenvalue weighted by Gasteiger charge is -2.13. The lowest BCUT2D eigenvalue weighted by atomic mass is 10.0. The summed E-state index contributed by atoms with van der Waals surface area (Å²) in [5.41, 5.74) is 11.7. The van der Waals surface area contributed by atoms with E-state index in [0.717, 1.165) is 24.3 Å². The number of carbonyl (C=O) groups excluding carboxylic acids is 1. The van der Waals surface area contributed by atoms with Crippen LogP contribution in [0.5, 0.6) is 23.0 Å². The molecule has 38 heavy (non-hydrogen) atoms. The Balaban J connectivity index is 1.71. The predicted octanol–water partition coefficient (Wildman–Crippen LogP) is 4.16. The molecule has 0 atom stereocenters. The van der Waals surface area contributed by atoms with Crippen molar-refractivity contribution in [3.8, 4) is 23.0 Å². The van der Waals surface area contributed by atoms with Crippen LogP contribution in [0.2, 0.25) is 0 Å². The zero-order valence-corrected chi connectivity index (χ0v) is 20.9. The highest BCUT2D eigenvalue weighted by Gasteiger charge is 2.24. The van der Waals surface area contributed by atoms with Crippen molar-refractivity contribution in [1.82, 2.24) is 0 Å². The molecule has 0 aliphatic rings. The summed E-state index contributed by atoms with van der Waals surface area (Å²) in [7, 11) is -9.68. The number of rotatable bonds is 8. The van der Waals surface area contributed by atoms with Gasteiger partial charge in [0.05, 0.1) is 0 Å². The number of nitrogens with two attached hydrogens (primary N) is 2. The minimum Gasteiger partial charge on any atom is -0.456 e. The van der Waals surface area contributed by atoms with E-state index in [1.165, 1.54) is 60.7 Å². The van der Waals surface area contributed by atoms with Gasteiger partial charge in [-0.25, -0.2) is 0 Å². The molecule has 196 valence electrons. The fourth-order valence-corrected chi connectivity index (χ4v) is 4.64. The summed E-state index contributed by atoms with van der Waals surface area (Å²) in [6.07, 6.45) is 0. The van der Waals surface area contributed by atoms with Gasteiger partial charge in [-0.3, -0.25) is 13.9 Å². The molecule has 4 aromatic rings. The summed E-state index contributed by atoms with van der Waals surface area (Å²) in [6.45, 7) is 0. The van der Waals surface area contributed by atoms with Gasteiger partial charge in [-0.15, -0.1) is 0 Å². The monoisotopic (exact) mass is 556 g/mol. The maximum absolute atomic E-state index is 13.2.